The van der Waals surface area contributed by atoms with Crippen molar-refractivity contribution in [1.82, 2.24) is 10.2 Å². The summed E-state index contributed by atoms with van der Waals surface area (Å²) < 4.78 is 14.2. The smallest absolute Gasteiger partial charge is 0.243 e. The number of likely N-dealkylation sites (N-methyl/N-ethyl adjacent to an activating group) is 1. The lowest BCUT2D eigenvalue weighted by Crippen LogP contribution is -2.51. The van der Waals surface area contributed by atoms with Crippen LogP contribution in [-0.4, -0.2) is 35.1 Å². The molecule has 0 spiro atoms. The van der Waals surface area contributed by atoms with Gasteiger partial charge in [0.1, 0.15) is 11.9 Å². The summed E-state index contributed by atoms with van der Waals surface area (Å²) in [6, 6.07) is 18.3. The zero-order chi connectivity index (χ0) is 26.1. The molecule has 3 aromatic rings. The Balaban J connectivity index is 1.89. The molecule has 0 unspecified atom stereocenters. The zero-order valence-corrected chi connectivity index (χ0v) is 22.7. The van der Waals surface area contributed by atoms with Crippen molar-refractivity contribution in [3.63, 3.8) is 0 Å². The Morgan fingerprint density at radius 1 is 0.917 bits per heavy atom. The molecule has 0 aliphatic carbocycles. The quantitative estimate of drug-likeness (QED) is 0.277. The summed E-state index contributed by atoms with van der Waals surface area (Å²) in [5.41, 5.74) is 1.79. The molecule has 0 aromatic heterocycles. The maximum atomic E-state index is 14.2. The highest BCUT2D eigenvalue weighted by molar-refractivity contribution is 7.99. The number of nitrogens with one attached hydrogen (secondary N) is 1. The number of halogens is 4. The van der Waals surface area contributed by atoms with Gasteiger partial charge in [-0.2, -0.15) is 0 Å². The van der Waals surface area contributed by atoms with Gasteiger partial charge < -0.3 is 10.2 Å². The summed E-state index contributed by atoms with van der Waals surface area (Å²) >= 11 is 20.2. The summed E-state index contributed by atoms with van der Waals surface area (Å²) in [4.78, 5) is 28.3. The Morgan fingerprint density at radius 3 is 2.14 bits per heavy atom. The van der Waals surface area contributed by atoms with Gasteiger partial charge in [-0.05, 0) is 36.8 Å². The van der Waals surface area contributed by atoms with Crippen molar-refractivity contribution in [2.75, 3.05) is 12.3 Å². The van der Waals surface area contributed by atoms with Crippen molar-refractivity contribution >= 4 is 58.4 Å². The van der Waals surface area contributed by atoms with Gasteiger partial charge in [0, 0.05) is 51.5 Å². The SMILES string of the molecule is CCNC(=O)[C@@H](Cc1ccccc1)N(Cc1c(Cl)cccc1Cl)C(=O)CSCc1c(F)cccc1Cl. The molecule has 0 aliphatic rings. The van der Waals surface area contributed by atoms with Crippen molar-refractivity contribution in [2.45, 2.75) is 31.7 Å². The Morgan fingerprint density at radius 2 is 1.53 bits per heavy atom. The minimum Gasteiger partial charge on any atom is -0.355 e. The van der Waals surface area contributed by atoms with Crippen molar-refractivity contribution in [1.29, 1.82) is 0 Å². The van der Waals surface area contributed by atoms with Crippen LogP contribution >= 0.6 is 46.6 Å². The van der Waals surface area contributed by atoms with Gasteiger partial charge in [0.2, 0.25) is 11.8 Å². The number of benzene rings is 3. The fraction of sp³-hybridized carbons (Fsp3) is 0.259. The number of amides is 2. The summed E-state index contributed by atoms with van der Waals surface area (Å²) in [7, 11) is 0. The third-order valence-corrected chi connectivity index (χ3v) is 7.55. The van der Waals surface area contributed by atoms with Crippen molar-refractivity contribution in [3.05, 3.63) is 104 Å². The largest absolute Gasteiger partial charge is 0.355 e. The van der Waals surface area contributed by atoms with Crippen LogP contribution in [0.5, 0.6) is 0 Å². The lowest BCUT2D eigenvalue weighted by molar-refractivity contribution is -0.139. The number of nitrogens with zero attached hydrogens (tertiary/aromatic N) is 1. The molecular formula is C27H26Cl3FN2O2S. The molecular weight excluding hydrogens is 542 g/mol. The molecule has 3 aromatic carbocycles. The number of hydrogen-bond donors (Lipinski definition) is 1. The molecule has 0 saturated carbocycles. The first-order valence-electron chi connectivity index (χ1n) is 11.4. The Bertz CT molecular complexity index is 1160. The van der Waals surface area contributed by atoms with E-state index in [1.54, 1.807) is 24.3 Å². The zero-order valence-electron chi connectivity index (χ0n) is 19.6. The highest BCUT2D eigenvalue weighted by Gasteiger charge is 2.31. The maximum Gasteiger partial charge on any atom is 0.243 e. The summed E-state index contributed by atoms with van der Waals surface area (Å²) in [6.45, 7) is 2.29. The van der Waals surface area contributed by atoms with E-state index in [0.29, 0.717) is 39.2 Å². The molecule has 1 N–H and O–H groups in total. The molecule has 1 atom stereocenters. The molecule has 0 saturated heterocycles. The Labute approximate surface area is 230 Å². The Hall–Kier alpha value is -2.25. The number of hydrogen-bond acceptors (Lipinski definition) is 3. The van der Waals surface area contributed by atoms with E-state index in [9.17, 15) is 14.0 Å². The standard InChI is InChI=1S/C27H26Cl3FN2O2S/c1-2-32-27(35)25(14-18-8-4-3-5-9-18)33(15-19-21(28)10-6-11-22(19)29)26(34)17-36-16-20-23(30)12-7-13-24(20)31/h3-13,25H,2,14-17H2,1H3,(H,32,35)/t25-/m1/s1. The predicted octanol–water partition coefficient (Wildman–Crippen LogP) is 6.80. The first-order valence-corrected chi connectivity index (χ1v) is 13.6. The maximum absolute atomic E-state index is 14.2. The van der Waals surface area contributed by atoms with Gasteiger partial charge in [-0.1, -0.05) is 77.3 Å². The molecule has 9 heteroatoms. The third kappa shape index (κ3) is 7.62. The van der Waals surface area contributed by atoms with E-state index >= 15 is 0 Å². The molecule has 0 aliphatic heterocycles. The van der Waals surface area contributed by atoms with E-state index in [0.717, 1.165) is 5.56 Å². The van der Waals surface area contributed by atoms with Gasteiger partial charge >= 0.3 is 0 Å². The summed E-state index contributed by atoms with van der Waals surface area (Å²) in [5.74, 6) is -0.776. The Kier molecular flexibility index (Phi) is 10.9. The molecule has 0 heterocycles. The van der Waals surface area contributed by atoms with Crippen LogP contribution in [0, 0.1) is 5.82 Å². The van der Waals surface area contributed by atoms with E-state index in [1.807, 2.05) is 37.3 Å². The van der Waals surface area contributed by atoms with Gasteiger partial charge in [0.25, 0.3) is 0 Å². The summed E-state index contributed by atoms with van der Waals surface area (Å²) in [6.07, 6.45) is 0.310. The van der Waals surface area contributed by atoms with Crippen LogP contribution in [0.25, 0.3) is 0 Å². The minimum atomic E-state index is -0.801. The molecule has 0 bridgehead atoms. The van der Waals surface area contributed by atoms with E-state index in [1.165, 1.54) is 28.8 Å². The van der Waals surface area contributed by atoms with Gasteiger partial charge in [0.05, 0.1) is 5.75 Å². The van der Waals surface area contributed by atoms with E-state index < -0.39 is 11.9 Å². The van der Waals surface area contributed by atoms with Crippen molar-refractivity contribution in [3.8, 4) is 0 Å². The lowest BCUT2D eigenvalue weighted by Gasteiger charge is -2.32. The van der Waals surface area contributed by atoms with Crippen LogP contribution in [0.1, 0.15) is 23.6 Å². The number of rotatable bonds is 11. The normalized spacial score (nSPS) is 11.7. The molecule has 0 fully saturated rings. The highest BCUT2D eigenvalue weighted by atomic mass is 35.5. The monoisotopic (exact) mass is 566 g/mol. The molecule has 36 heavy (non-hydrogen) atoms. The molecule has 190 valence electrons. The lowest BCUT2D eigenvalue weighted by atomic mass is 10.0. The van der Waals surface area contributed by atoms with Crippen LogP contribution in [-0.2, 0) is 28.3 Å². The van der Waals surface area contributed by atoms with E-state index in [2.05, 4.69) is 5.32 Å². The van der Waals surface area contributed by atoms with Crippen LogP contribution in [0.3, 0.4) is 0 Å². The van der Waals surface area contributed by atoms with Crippen molar-refractivity contribution in [2.24, 2.45) is 0 Å². The molecule has 0 radical (unpaired) electrons. The molecule has 3 rings (SSSR count). The number of carbonyl (C=O) groups excluding carboxylic acids is 2. The highest BCUT2D eigenvalue weighted by Crippen LogP contribution is 2.28. The number of carbonyl (C=O) groups is 2. The molecule has 2 amide bonds. The van der Waals surface area contributed by atoms with Crippen LogP contribution in [0.15, 0.2) is 66.7 Å². The van der Waals surface area contributed by atoms with Crippen LogP contribution in [0.4, 0.5) is 4.39 Å². The second-order valence-electron chi connectivity index (χ2n) is 8.01. The number of thioether (sulfide) groups is 1. The average Bonchev–Trinajstić information content (AvgIpc) is 2.85. The van der Waals surface area contributed by atoms with Crippen molar-refractivity contribution < 1.29 is 14.0 Å². The van der Waals surface area contributed by atoms with Gasteiger partial charge in [-0.3, -0.25) is 9.59 Å². The molecule has 4 nitrogen and oxygen atoms in total. The second-order valence-corrected chi connectivity index (χ2v) is 10.2. The van der Waals surface area contributed by atoms with Gasteiger partial charge in [-0.15, -0.1) is 11.8 Å². The minimum absolute atomic E-state index is 0.0113. The van der Waals surface area contributed by atoms with Crippen LogP contribution in [0.2, 0.25) is 15.1 Å². The first-order chi connectivity index (χ1) is 17.3. The van der Waals surface area contributed by atoms with Crippen LogP contribution < -0.4 is 5.32 Å². The van der Waals surface area contributed by atoms with Gasteiger partial charge in [0.15, 0.2) is 0 Å². The second kappa shape index (κ2) is 13.9. The van der Waals surface area contributed by atoms with E-state index in [4.69, 9.17) is 34.8 Å². The summed E-state index contributed by atoms with van der Waals surface area (Å²) in [5, 5.41) is 3.95. The fourth-order valence-corrected chi connectivity index (χ4v) is 5.46. The average molecular weight is 568 g/mol. The topological polar surface area (TPSA) is 49.4 Å². The first kappa shape index (κ1) is 28.3. The van der Waals surface area contributed by atoms with E-state index in [-0.39, 0.29) is 29.9 Å². The van der Waals surface area contributed by atoms with Gasteiger partial charge in [-0.25, -0.2) is 4.39 Å². The fourth-order valence-electron chi connectivity index (χ4n) is 3.69. The third-order valence-electron chi connectivity index (χ3n) is 5.55. The predicted molar refractivity (Wildman–Crippen MR) is 147 cm³/mol.